The average Bonchev–Trinajstić information content (AvgIpc) is 2.79. The van der Waals surface area contributed by atoms with Crippen molar-refractivity contribution in [1.82, 2.24) is 4.57 Å². The number of benzene rings is 3. The lowest BCUT2D eigenvalue weighted by atomic mass is 10.1. The van der Waals surface area contributed by atoms with E-state index in [2.05, 4.69) is 4.99 Å². The standard InChI is InChI=1S/C24H17F3N2O3/c25-24(26,27)16-7-5-8-17(12-16)29-22(31)19-10-3-2-9-18(19)20(23(29)32)13-28-21-11-4-1-6-15(21)14-30/h1-13,30,32H,14H2. The largest absolute Gasteiger partial charge is 0.494 e. The van der Waals surface area contributed by atoms with Crippen LogP contribution in [0.3, 0.4) is 0 Å². The van der Waals surface area contributed by atoms with Gasteiger partial charge in [-0.15, -0.1) is 0 Å². The Balaban J connectivity index is 1.97. The van der Waals surface area contributed by atoms with Crippen molar-refractivity contribution in [2.75, 3.05) is 0 Å². The van der Waals surface area contributed by atoms with Gasteiger partial charge >= 0.3 is 6.18 Å². The molecule has 0 aliphatic rings. The van der Waals surface area contributed by atoms with Crippen LogP contribution in [0.4, 0.5) is 18.9 Å². The Morgan fingerprint density at radius 2 is 1.62 bits per heavy atom. The highest BCUT2D eigenvalue weighted by molar-refractivity contribution is 6.02. The maximum absolute atomic E-state index is 13.2. The second-order valence-corrected chi connectivity index (χ2v) is 7.02. The molecule has 5 nitrogen and oxygen atoms in total. The molecule has 0 radical (unpaired) electrons. The van der Waals surface area contributed by atoms with Crippen molar-refractivity contribution in [2.24, 2.45) is 4.99 Å². The third-order valence-corrected chi connectivity index (χ3v) is 5.03. The number of aromatic hydroxyl groups is 1. The van der Waals surface area contributed by atoms with Crippen molar-refractivity contribution in [3.8, 4) is 11.6 Å². The molecule has 0 amide bonds. The summed E-state index contributed by atoms with van der Waals surface area (Å²) >= 11 is 0. The number of hydrogen-bond acceptors (Lipinski definition) is 4. The molecular weight excluding hydrogens is 421 g/mol. The Kier molecular flexibility index (Phi) is 5.54. The molecule has 32 heavy (non-hydrogen) atoms. The van der Waals surface area contributed by atoms with E-state index in [0.29, 0.717) is 16.6 Å². The second kappa shape index (κ2) is 8.32. The fraction of sp³-hybridized carbons (Fsp3) is 0.0833. The molecule has 0 atom stereocenters. The highest BCUT2D eigenvalue weighted by atomic mass is 19.4. The summed E-state index contributed by atoms with van der Waals surface area (Å²) in [5.41, 5.74) is -0.565. The van der Waals surface area contributed by atoms with Crippen LogP contribution in [-0.2, 0) is 12.8 Å². The van der Waals surface area contributed by atoms with E-state index in [9.17, 15) is 28.2 Å². The summed E-state index contributed by atoms with van der Waals surface area (Å²) in [5, 5.41) is 21.1. The number of aliphatic hydroxyl groups excluding tert-OH is 1. The van der Waals surface area contributed by atoms with E-state index in [4.69, 9.17) is 0 Å². The Labute approximate surface area is 180 Å². The predicted octanol–water partition coefficient (Wildman–Crippen LogP) is 4.96. The summed E-state index contributed by atoms with van der Waals surface area (Å²) in [6, 6.07) is 17.5. The van der Waals surface area contributed by atoms with Gasteiger partial charge in [0, 0.05) is 22.6 Å². The van der Waals surface area contributed by atoms with E-state index in [-0.39, 0.29) is 23.2 Å². The number of aliphatic hydroxyl groups is 1. The predicted molar refractivity (Wildman–Crippen MR) is 116 cm³/mol. The first-order chi connectivity index (χ1) is 15.3. The van der Waals surface area contributed by atoms with Gasteiger partial charge in [0.1, 0.15) is 0 Å². The van der Waals surface area contributed by atoms with Crippen molar-refractivity contribution in [3.63, 3.8) is 0 Å². The van der Waals surface area contributed by atoms with E-state index in [1.54, 1.807) is 42.5 Å². The van der Waals surface area contributed by atoms with Gasteiger partial charge in [0.25, 0.3) is 5.56 Å². The van der Waals surface area contributed by atoms with Crippen molar-refractivity contribution < 1.29 is 23.4 Å². The number of pyridine rings is 1. The smallest absolute Gasteiger partial charge is 0.416 e. The lowest BCUT2D eigenvalue weighted by Gasteiger charge is -2.15. The fourth-order valence-electron chi connectivity index (χ4n) is 3.45. The number of fused-ring (bicyclic) bond motifs is 1. The van der Waals surface area contributed by atoms with E-state index < -0.39 is 23.2 Å². The third kappa shape index (κ3) is 3.88. The molecule has 0 unspecified atom stereocenters. The number of aromatic nitrogens is 1. The lowest BCUT2D eigenvalue weighted by molar-refractivity contribution is -0.137. The molecule has 1 heterocycles. The van der Waals surface area contributed by atoms with Gasteiger partial charge in [-0.25, -0.2) is 4.57 Å². The molecule has 3 aromatic carbocycles. The molecule has 0 spiro atoms. The summed E-state index contributed by atoms with van der Waals surface area (Å²) in [4.78, 5) is 17.4. The van der Waals surface area contributed by atoms with Gasteiger partial charge in [0.2, 0.25) is 5.88 Å². The van der Waals surface area contributed by atoms with Gasteiger partial charge in [-0.1, -0.05) is 42.5 Å². The van der Waals surface area contributed by atoms with Crippen LogP contribution in [0.5, 0.6) is 5.88 Å². The molecule has 0 fully saturated rings. The topological polar surface area (TPSA) is 74.8 Å². The number of nitrogens with zero attached hydrogens (tertiary/aromatic N) is 2. The monoisotopic (exact) mass is 438 g/mol. The summed E-state index contributed by atoms with van der Waals surface area (Å²) in [5.74, 6) is -0.543. The van der Waals surface area contributed by atoms with Gasteiger partial charge in [-0.2, -0.15) is 13.2 Å². The van der Waals surface area contributed by atoms with Gasteiger partial charge in [0.05, 0.1) is 29.1 Å². The second-order valence-electron chi connectivity index (χ2n) is 7.02. The zero-order valence-corrected chi connectivity index (χ0v) is 16.5. The first-order valence-corrected chi connectivity index (χ1v) is 9.58. The van der Waals surface area contributed by atoms with Crippen LogP contribution in [0, 0.1) is 0 Å². The van der Waals surface area contributed by atoms with Gasteiger partial charge in [-0.05, 0) is 30.3 Å². The lowest BCUT2D eigenvalue weighted by Crippen LogP contribution is -2.20. The highest BCUT2D eigenvalue weighted by Gasteiger charge is 2.31. The minimum absolute atomic E-state index is 0.126. The summed E-state index contributed by atoms with van der Waals surface area (Å²) in [7, 11) is 0. The van der Waals surface area contributed by atoms with Gasteiger partial charge in [-0.3, -0.25) is 9.79 Å². The number of rotatable bonds is 4. The average molecular weight is 438 g/mol. The maximum Gasteiger partial charge on any atom is 0.416 e. The van der Waals surface area contributed by atoms with E-state index in [1.165, 1.54) is 24.4 Å². The van der Waals surface area contributed by atoms with Crippen molar-refractivity contribution in [2.45, 2.75) is 12.8 Å². The van der Waals surface area contributed by atoms with Crippen LogP contribution in [0.2, 0.25) is 0 Å². The van der Waals surface area contributed by atoms with Crippen LogP contribution in [0.25, 0.3) is 16.5 Å². The Morgan fingerprint density at radius 3 is 2.34 bits per heavy atom. The zero-order chi connectivity index (χ0) is 22.9. The normalized spacial score (nSPS) is 12.0. The SMILES string of the molecule is O=c1c2ccccc2c(C=Nc2ccccc2CO)c(O)n1-c1cccc(C(F)(F)F)c1. The Bertz CT molecular complexity index is 1390. The zero-order valence-electron chi connectivity index (χ0n) is 16.5. The molecule has 0 aliphatic carbocycles. The molecule has 4 aromatic rings. The highest BCUT2D eigenvalue weighted by Crippen LogP contribution is 2.32. The third-order valence-electron chi connectivity index (χ3n) is 5.03. The Morgan fingerprint density at radius 1 is 0.938 bits per heavy atom. The summed E-state index contributed by atoms with van der Waals surface area (Å²) in [6.45, 7) is -0.246. The van der Waals surface area contributed by atoms with Crippen LogP contribution in [0.1, 0.15) is 16.7 Å². The van der Waals surface area contributed by atoms with Crippen molar-refractivity contribution in [1.29, 1.82) is 0 Å². The number of alkyl halides is 3. The van der Waals surface area contributed by atoms with Gasteiger partial charge < -0.3 is 10.2 Å². The number of hydrogen-bond donors (Lipinski definition) is 2. The van der Waals surface area contributed by atoms with Crippen LogP contribution < -0.4 is 5.56 Å². The molecule has 2 N–H and O–H groups in total. The van der Waals surface area contributed by atoms with E-state index in [0.717, 1.165) is 16.7 Å². The minimum Gasteiger partial charge on any atom is -0.494 e. The first-order valence-electron chi connectivity index (χ1n) is 9.58. The molecule has 0 saturated carbocycles. The maximum atomic E-state index is 13.2. The molecule has 1 aromatic heterocycles. The van der Waals surface area contributed by atoms with E-state index in [1.807, 2.05) is 0 Å². The molecule has 162 valence electrons. The molecule has 0 bridgehead atoms. The molecule has 8 heteroatoms. The summed E-state index contributed by atoms with van der Waals surface area (Å²) in [6.07, 6.45) is -3.28. The number of aliphatic imine (C=N–C) groups is 1. The van der Waals surface area contributed by atoms with Gasteiger partial charge in [0.15, 0.2) is 0 Å². The van der Waals surface area contributed by atoms with Crippen LogP contribution in [0.15, 0.2) is 82.6 Å². The van der Waals surface area contributed by atoms with Crippen molar-refractivity contribution >= 4 is 22.7 Å². The molecule has 4 rings (SSSR count). The first kappa shape index (κ1) is 21.3. The quantitative estimate of drug-likeness (QED) is 0.443. The fourth-order valence-corrected chi connectivity index (χ4v) is 3.45. The Hall–Kier alpha value is -3.91. The minimum atomic E-state index is -4.61. The number of para-hydroxylation sites is 1. The number of halogens is 3. The van der Waals surface area contributed by atoms with Crippen LogP contribution >= 0.6 is 0 Å². The molecular formula is C24H17F3N2O3. The van der Waals surface area contributed by atoms with Crippen molar-refractivity contribution in [3.05, 3.63) is 99.8 Å². The van der Waals surface area contributed by atoms with E-state index >= 15 is 0 Å². The molecule has 0 aliphatic heterocycles. The summed E-state index contributed by atoms with van der Waals surface area (Å²) < 4.78 is 40.4. The van der Waals surface area contributed by atoms with Crippen LogP contribution in [-0.4, -0.2) is 21.0 Å². The molecule has 0 saturated heterocycles.